The number of piperazine rings is 1. The average Bonchev–Trinajstić information content (AvgIpc) is 3.45. The van der Waals surface area contributed by atoms with Crippen molar-refractivity contribution >= 4 is 40.8 Å². The molecule has 272 valence electrons. The van der Waals surface area contributed by atoms with Crippen molar-refractivity contribution in [2.24, 2.45) is 5.41 Å². The summed E-state index contributed by atoms with van der Waals surface area (Å²) in [5, 5.41) is 0.899. The van der Waals surface area contributed by atoms with E-state index in [1.54, 1.807) is 31.2 Å². The van der Waals surface area contributed by atoms with Crippen molar-refractivity contribution in [1.82, 2.24) is 14.7 Å². The highest BCUT2D eigenvalue weighted by Gasteiger charge is 2.44. The molecule has 1 amide bonds. The Balaban J connectivity index is 1.10. The number of hydrogen-bond donors (Lipinski definition) is 0. The lowest BCUT2D eigenvalue weighted by Gasteiger charge is -2.43. The van der Waals surface area contributed by atoms with Gasteiger partial charge in [-0.3, -0.25) is 9.59 Å². The summed E-state index contributed by atoms with van der Waals surface area (Å²) in [6, 6.07) is 20.6. The molecule has 3 aliphatic heterocycles. The summed E-state index contributed by atoms with van der Waals surface area (Å²) in [7, 11) is 0. The highest BCUT2D eigenvalue weighted by Crippen LogP contribution is 2.40. The third-order valence-corrected chi connectivity index (χ3v) is 9.63. The zero-order valence-corrected chi connectivity index (χ0v) is 31.0. The van der Waals surface area contributed by atoms with Gasteiger partial charge in [-0.25, -0.2) is 0 Å². The molecule has 0 N–H and O–H groups in total. The van der Waals surface area contributed by atoms with Gasteiger partial charge >= 0.3 is 5.97 Å². The zero-order valence-electron chi connectivity index (χ0n) is 30.5. The maximum atomic E-state index is 12.3. The summed E-state index contributed by atoms with van der Waals surface area (Å²) in [6.45, 7) is 10.6. The van der Waals surface area contributed by atoms with Crippen LogP contribution >= 0.6 is 23.2 Å². The second kappa shape index (κ2) is 15.7. The van der Waals surface area contributed by atoms with E-state index in [0.29, 0.717) is 60.6 Å². The first-order valence-corrected chi connectivity index (χ1v) is 18.0. The van der Waals surface area contributed by atoms with Crippen molar-refractivity contribution in [1.29, 1.82) is 0 Å². The predicted octanol–water partition coefficient (Wildman–Crippen LogP) is 6.90. The van der Waals surface area contributed by atoms with Gasteiger partial charge in [0, 0.05) is 74.7 Å². The van der Waals surface area contributed by atoms with E-state index < -0.39 is 17.8 Å². The first kappa shape index (κ1) is 35.4. The maximum Gasteiger partial charge on any atom is 0.316 e. The molecule has 3 aromatic rings. The summed E-state index contributed by atoms with van der Waals surface area (Å²) in [6.07, 6.45) is 4.02. The van der Waals surface area contributed by atoms with E-state index >= 15 is 0 Å². The smallest absolute Gasteiger partial charge is 0.316 e. The number of amides is 1. The van der Waals surface area contributed by atoms with Crippen molar-refractivity contribution in [3.8, 4) is 11.5 Å². The van der Waals surface area contributed by atoms with Gasteiger partial charge in [-0.15, -0.1) is 0 Å². The number of benzene rings is 3. The standard InChI is InChI=1S/C39H46Cl2N4O6/c1-28(46)44-18-20-45(21-19-44)31-8-12-32(13-9-31)48-25-34-15-22-49-39(51-34,35-14-7-30(40)23-36(35)41)26-43-17-16-42(27-43)24-29-5-10-33(11-6-29)50-37(47)38(2,3)4/h5-14,16-17,23,34H,15,18-22,24-27H2,1-4H3/t34-,39-/m0/s1/i27D/t27?,34-,39-. The summed E-state index contributed by atoms with van der Waals surface area (Å²) >= 11 is 13.1. The number of ether oxygens (including phenoxy) is 4. The van der Waals surface area contributed by atoms with Crippen LogP contribution in [0.2, 0.25) is 10.0 Å². The number of esters is 1. The summed E-state index contributed by atoms with van der Waals surface area (Å²) in [5.41, 5.74) is 2.07. The van der Waals surface area contributed by atoms with Gasteiger partial charge in [0.05, 0.1) is 37.7 Å². The molecule has 3 atom stereocenters. The van der Waals surface area contributed by atoms with Crippen molar-refractivity contribution in [2.75, 3.05) is 57.5 Å². The SMILES string of the molecule is [2H]C1N(Cc2ccc(OC(=O)C(C)(C)C)cc2)C=CN1C[C@]1(c2ccc(Cl)cc2Cl)OCC[C@@H](COc2ccc(N3CCN(C(C)=O)CC3)cc2)O1. The third-order valence-electron chi connectivity index (χ3n) is 9.08. The molecule has 3 heterocycles. The Morgan fingerprint density at radius 1 is 0.941 bits per heavy atom. The van der Waals surface area contributed by atoms with Crippen molar-refractivity contribution < 1.29 is 29.9 Å². The largest absolute Gasteiger partial charge is 0.491 e. The minimum Gasteiger partial charge on any atom is -0.491 e. The highest BCUT2D eigenvalue weighted by molar-refractivity contribution is 6.35. The number of nitrogens with zero attached hydrogens (tertiary/aromatic N) is 4. The summed E-state index contributed by atoms with van der Waals surface area (Å²) in [4.78, 5) is 31.9. The van der Waals surface area contributed by atoms with Gasteiger partial charge in [-0.05, 0) is 74.9 Å². The van der Waals surface area contributed by atoms with E-state index in [-0.39, 0.29) is 24.5 Å². The van der Waals surface area contributed by atoms with Crippen LogP contribution in [0.15, 0.2) is 79.1 Å². The topological polar surface area (TPSA) is 84.0 Å². The van der Waals surface area contributed by atoms with E-state index in [2.05, 4.69) is 4.90 Å². The molecular formula is C39H46Cl2N4O6. The molecule has 12 heteroatoms. The lowest BCUT2D eigenvalue weighted by molar-refractivity contribution is -0.310. The van der Waals surface area contributed by atoms with Crippen LogP contribution in [0, 0.1) is 5.41 Å². The second-order valence-electron chi connectivity index (χ2n) is 14.1. The van der Waals surface area contributed by atoms with Gasteiger partial charge in [0.25, 0.3) is 0 Å². The fraction of sp³-hybridized carbons (Fsp3) is 0.436. The molecule has 0 radical (unpaired) electrons. The molecule has 10 nitrogen and oxygen atoms in total. The van der Waals surface area contributed by atoms with Gasteiger partial charge in [-0.2, -0.15) is 0 Å². The molecule has 0 aromatic heterocycles. The lowest BCUT2D eigenvalue weighted by Crippen LogP contribution is -2.50. The first-order valence-electron chi connectivity index (χ1n) is 17.8. The Hall–Kier alpha value is -3.96. The molecule has 0 saturated carbocycles. The maximum absolute atomic E-state index is 12.3. The number of anilines is 1. The summed E-state index contributed by atoms with van der Waals surface area (Å²) in [5.74, 6) is -0.277. The third kappa shape index (κ3) is 9.29. The molecule has 2 saturated heterocycles. The Morgan fingerprint density at radius 3 is 2.29 bits per heavy atom. The van der Waals surface area contributed by atoms with E-state index in [1.807, 2.05) is 90.3 Å². The van der Waals surface area contributed by atoms with Gasteiger partial charge in [-0.1, -0.05) is 41.4 Å². The second-order valence-corrected chi connectivity index (χ2v) is 14.9. The fourth-order valence-corrected chi connectivity index (χ4v) is 6.72. The van der Waals surface area contributed by atoms with Gasteiger partial charge < -0.3 is 38.5 Å². The van der Waals surface area contributed by atoms with Crippen molar-refractivity contribution in [3.05, 3.63) is 100 Å². The number of halogens is 2. The lowest BCUT2D eigenvalue weighted by atomic mass is 9.97. The molecule has 1 unspecified atom stereocenters. The van der Waals surface area contributed by atoms with E-state index in [1.165, 1.54) is 0 Å². The van der Waals surface area contributed by atoms with Crippen LogP contribution in [0.4, 0.5) is 5.69 Å². The number of carbonyl (C=O) groups is 2. The predicted molar refractivity (Wildman–Crippen MR) is 198 cm³/mol. The van der Waals surface area contributed by atoms with Crippen molar-refractivity contribution in [2.45, 2.75) is 52.6 Å². The molecule has 6 rings (SSSR count). The van der Waals surface area contributed by atoms with Crippen LogP contribution in [-0.4, -0.2) is 85.3 Å². The molecule has 0 spiro atoms. The molecule has 3 aromatic carbocycles. The molecular weight excluding hydrogens is 691 g/mol. The minimum absolute atomic E-state index is 0.112. The highest BCUT2D eigenvalue weighted by atomic mass is 35.5. The molecule has 2 fully saturated rings. The van der Waals surface area contributed by atoms with Gasteiger partial charge in [0.15, 0.2) is 0 Å². The number of rotatable bonds is 10. The van der Waals surface area contributed by atoms with Crippen LogP contribution in [0.5, 0.6) is 11.5 Å². The molecule has 0 aliphatic carbocycles. The Labute approximate surface area is 311 Å². The van der Waals surface area contributed by atoms with E-state index in [0.717, 1.165) is 30.1 Å². The Morgan fingerprint density at radius 2 is 1.63 bits per heavy atom. The fourth-order valence-electron chi connectivity index (χ4n) is 6.16. The van der Waals surface area contributed by atoms with E-state index in [4.69, 9.17) is 43.5 Å². The average molecular weight is 739 g/mol. The molecule has 3 aliphatic rings. The molecule has 0 bridgehead atoms. The Bertz CT molecular complexity index is 1750. The number of carbonyl (C=O) groups excluding carboxylic acids is 2. The van der Waals surface area contributed by atoms with Crippen LogP contribution in [0.3, 0.4) is 0 Å². The number of hydrogen-bond acceptors (Lipinski definition) is 9. The van der Waals surface area contributed by atoms with Crippen LogP contribution < -0.4 is 14.4 Å². The quantitative estimate of drug-likeness (QED) is 0.163. The first-order chi connectivity index (χ1) is 24.8. The normalized spacial score (nSPS) is 22.6. The van der Waals surface area contributed by atoms with Crippen LogP contribution in [-0.2, 0) is 31.4 Å². The molecule has 51 heavy (non-hydrogen) atoms. The Kier molecular flexibility index (Phi) is 10.9. The zero-order chi connectivity index (χ0) is 37.0. The van der Waals surface area contributed by atoms with E-state index in [9.17, 15) is 9.59 Å². The van der Waals surface area contributed by atoms with Crippen molar-refractivity contribution in [3.63, 3.8) is 0 Å². The minimum atomic E-state index is -1.29. The van der Waals surface area contributed by atoms with Crippen LogP contribution in [0.1, 0.15) is 46.6 Å². The monoisotopic (exact) mass is 737 g/mol. The summed E-state index contributed by atoms with van der Waals surface area (Å²) < 4.78 is 34.0. The van der Waals surface area contributed by atoms with Crippen LogP contribution in [0.25, 0.3) is 0 Å². The van der Waals surface area contributed by atoms with Gasteiger partial charge in [0.2, 0.25) is 11.7 Å². The van der Waals surface area contributed by atoms with Gasteiger partial charge in [0.1, 0.15) is 18.1 Å².